The molecule has 0 aliphatic carbocycles. The van der Waals surface area contributed by atoms with Gasteiger partial charge in [-0.25, -0.2) is 4.68 Å². The van der Waals surface area contributed by atoms with E-state index < -0.39 is 0 Å². The van der Waals surface area contributed by atoms with Crippen LogP contribution in [0.5, 0.6) is 0 Å². The van der Waals surface area contributed by atoms with Crippen molar-refractivity contribution in [3.8, 4) is 5.69 Å². The summed E-state index contributed by atoms with van der Waals surface area (Å²) in [7, 11) is 4.12. The Balaban J connectivity index is 1.57. The molecule has 2 aromatic heterocycles. The van der Waals surface area contributed by atoms with Crippen molar-refractivity contribution in [3.05, 3.63) is 72.4 Å². The number of likely N-dealkylation sites (N-methyl/N-ethyl adjacent to an activating group) is 1. The van der Waals surface area contributed by atoms with Gasteiger partial charge >= 0.3 is 0 Å². The monoisotopic (exact) mass is 310 g/mol. The van der Waals surface area contributed by atoms with Gasteiger partial charge in [0.25, 0.3) is 0 Å². The minimum Gasteiger partial charge on any atom is -0.468 e. The molecule has 0 bridgehead atoms. The molecular weight excluding hydrogens is 288 g/mol. The second-order valence-electron chi connectivity index (χ2n) is 5.75. The Bertz CT molecular complexity index is 704. The van der Waals surface area contributed by atoms with Crippen LogP contribution in [0.1, 0.15) is 17.4 Å². The third-order valence-corrected chi connectivity index (χ3v) is 3.82. The number of rotatable bonds is 7. The molecule has 1 unspecified atom stereocenters. The van der Waals surface area contributed by atoms with Gasteiger partial charge in [-0.3, -0.25) is 4.90 Å². The minimum absolute atomic E-state index is 0.217. The van der Waals surface area contributed by atoms with Crippen LogP contribution in [0.2, 0.25) is 0 Å². The molecule has 0 aliphatic rings. The van der Waals surface area contributed by atoms with Crippen LogP contribution in [0.3, 0.4) is 0 Å². The minimum atomic E-state index is 0.217. The largest absolute Gasteiger partial charge is 0.468 e. The van der Waals surface area contributed by atoms with Crippen molar-refractivity contribution >= 4 is 0 Å². The SMILES string of the molecule is CN(C)C(CNCc1cnn(-c2ccccc2)c1)c1ccco1. The molecule has 0 saturated heterocycles. The summed E-state index contributed by atoms with van der Waals surface area (Å²) in [5.41, 5.74) is 2.23. The van der Waals surface area contributed by atoms with Crippen LogP contribution < -0.4 is 5.32 Å². The maximum absolute atomic E-state index is 5.52. The Labute approximate surface area is 136 Å². The predicted molar refractivity (Wildman–Crippen MR) is 90.4 cm³/mol. The van der Waals surface area contributed by atoms with Crippen LogP contribution in [0.25, 0.3) is 5.69 Å². The fourth-order valence-corrected chi connectivity index (χ4v) is 2.55. The summed E-state index contributed by atoms with van der Waals surface area (Å²) in [6.07, 6.45) is 5.67. The van der Waals surface area contributed by atoms with Crippen molar-refractivity contribution in [1.29, 1.82) is 0 Å². The van der Waals surface area contributed by atoms with Gasteiger partial charge in [0.15, 0.2) is 0 Å². The lowest BCUT2D eigenvalue weighted by atomic mass is 10.2. The molecule has 0 amide bonds. The molecule has 0 radical (unpaired) electrons. The van der Waals surface area contributed by atoms with Gasteiger partial charge in [0.05, 0.1) is 24.2 Å². The lowest BCUT2D eigenvalue weighted by Gasteiger charge is -2.22. The average molecular weight is 310 g/mol. The van der Waals surface area contributed by atoms with E-state index in [0.29, 0.717) is 0 Å². The van der Waals surface area contributed by atoms with Crippen LogP contribution in [-0.4, -0.2) is 35.3 Å². The molecule has 1 aromatic carbocycles. The first-order valence-electron chi connectivity index (χ1n) is 7.73. The van der Waals surface area contributed by atoms with E-state index in [2.05, 4.69) is 35.6 Å². The highest BCUT2D eigenvalue weighted by Crippen LogP contribution is 2.17. The van der Waals surface area contributed by atoms with E-state index in [4.69, 9.17) is 4.42 Å². The van der Waals surface area contributed by atoms with Gasteiger partial charge in [0.1, 0.15) is 5.76 Å². The molecule has 0 aliphatic heterocycles. The number of benzene rings is 1. The highest BCUT2D eigenvalue weighted by molar-refractivity contribution is 5.30. The molecule has 5 nitrogen and oxygen atoms in total. The van der Waals surface area contributed by atoms with Gasteiger partial charge in [0, 0.05) is 24.8 Å². The Kier molecular flexibility index (Phi) is 4.90. The lowest BCUT2D eigenvalue weighted by Crippen LogP contribution is -2.30. The number of nitrogens with zero attached hydrogens (tertiary/aromatic N) is 3. The smallest absolute Gasteiger partial charge is 0.122 e. The van der Waals surface area contributed by atoms with Crippen LogP contribution >= 0.6 is 0 Å². The number of para-hydroxylation sites is 1. The van der Waals surface area contributed by atoms with Gasteiger partial charge in [-0.15, -0.1) is 0 Å². The first kappa shape index (κ1) is 15.5. The summed E-state index contributed by atoms with van der Waals surface area (Å²) < 4.78 is 7.42. The summed E-state index contributed by atoms with van der Waals surface area (Å²) in [5, 5.41) is 7.90. The van der Waals surface area contributed by atoms with E-state index >= 15 is 0 Å². The zero-order valence-corrected chi connectivity index (χ0v) is 13.5. The molecule has 5 heteroatoms. The first-order chi connectivity index (χ1) is 11.2. The van der Waals surface area contributed by atoms with Crippen molar-refractivity contribution in [3.63, 3.8) is 0 Å². The summed E-state index contributed by atoms with van der Waals surface area (Å²) in [5.74, 6) is 0.975. The van der Waals surface area contributed by atoms with E-state index in [1.807, 2.05) is 53.3 Å². The highest BCUT2D eigenvalue weighted by Gasteiger charge is 2.16. The van der Waals surface area contributed by atoms with Crippen LogP contribution in [-0.2, 0) is 6.54 Å². The van der Waals surface area contributed by atoms with Crippen molar-refractivity contribution < 1.29 is 4.42 Å². The Hall–Kier alpha value is -2.37. The number of hydrogen-bond acceptors (Lipinski definition) is 4. The van der Waals surface area contributed by atoms with Gasteiger partial charge in [-0.2, -0.15) is 5.10 Å². The molecule has 1 atom stereocenters. The molecular formula is C18H22N4O. The van der Waals surface area contributed by atoms with E-state index in [9.17, 15) is 0 Å². The van der Waals surface area contributed by atoms with Gasteiger partial charge in [0.2, 0.25) is 0 Å². The molecule has 3 rings (SSSR count). The summed E-state index contributed by atoms with van der Waals surface area (Å²) in [6.45, 7) is 1.59. The summed E-state index contributed by atoms with van der Waals surface area (Å²) in [4.78, 5) is 2.15. The molecule has 2 heterocycles. The molecule has 3 aromatic rings. The van der Waals surface area contributed by atoms with Gasteiger partial charge < -0.3 is 9.73 Å². The number of nitrogens with one attached hydrogen (secondary N) is 1. The predicted octanol–water partition coefficient (Wildman–Crippen LogP) is 2.86. The van der Waals surface area contributed by atoms with Crippen LogP contribution in [0.15, 0.2) is 65.5 Å². The van der Waals surface area contributed by atoms with Crippen LogP contribution in [0, 0.1) is 0 Å². The second kappa shape index (κ2) is 7.26. The molecule has 0 fully saturated rings. The average Bonchev–Trinajstić information content (AvgIpc) is 3.24. The Morgan fingerprint density at radius 3 is 2.70 bits per heavy atom. The molecule has 120 valence electrons. The second-order valence-corrected chi connectivity index (χ2v) is 5.75. The van der Waals surface area contributed by atoms with E-state index in [-0.39, 0.29) is 6.04 Å². The molecule has 0 spiro atoms. The summed E-state index contributed by atoms with van der Waals surface area (Å²) in [6, 6.07) is 14.3. The van der Waals surface area contributed by atoms with Crippen LogP contribution in [0.4, 0.5) is 0 Å². The quantitative estimate of drug-likeness (QED) is 0.729. The van der Waals surface area contributed by atoms with E-state index in [1.54, 1.807) is 6.26 Å². The lowest BCUT2D eigenvalue weighted by molar-refractivity contribution is 0.250. The third kappa shape index (κ3) is 3.88. The van der Waals surface area contributed by atoms with Gasteiger partial charge in [-0.1, -0.05) is 18.2 Å². The fourth-order valence-electron chi connectivity index (χ4n) is 2.55. The van der Waals surface area contributed by atoms with E-state index in [1.165, 1.54) is 0 Å². The van der Waals surface area contributed by atoms with Crippen molar-refractivity contribution in [1.82, 2.24) is 20.0 Å². The summed E-state index contributed by atoms with van der Waals surface area (Å²) >= 11 is 0. The molecule has 1 N–H and O–H groups in total. The Morgan fingerprint density at radius 2 is 2.00 bits per heavy atom. The maximum atomic E-state index is 5.52. The maximum Gasteiger partial charge on any atom is 0.122 e. The zero-order chi connectivity index (χ0) is 16.1. The number of aromatic nitrogens is 2. The molecule has 23 heavy (non-hydrogen) atoms. The number of furan rings is 1. The van der Waals surface area contributed by atoms with E-state index in [0.717, 1.165) is 30.1 Å². The number of hydrogen-bond donors (Lipinski definition) is 1. The normalized spacial score (nSPS) is 12.7. The standard InChI is InChI=1S/C18H22N4O/c1-21(2)17(18-9-6-10-23-18)13-19-11-15-12-20-22(14-15)16-7-4-3-5-8-16/h3-10,12,14,17,19H,11,13H2,1-2H3. The van der Waals surface area contributed by atoms with Crippen molar-refractivity contribution in [2.45, 2.75) is 12.6 Å². The molecule has 0 saturated carbocycles. The highest BCUT2D eigenvalue weighted by atomic mass is 16.3. The third-order valence-electron chi connectivity index (χ3n) is 3.82. The Morgan fingerprint density at radius 1 is 1.17 bits per heavy atom. The van der Waals surface area contributed by atoms with Gasteiger partial charge in [-0.05, 0) is 38.4 Å². The topological polar surface area (TPSA) is 46.2 Å². The first-order valence-corrected chi connectivity index (χ1v) is 7.73. The van der Waals surface area contributed by atoms with Crippen molar-refractivity contribution in [2.24, 2.45) is 0 Å². The fraction of sp³-hybridized carbons (Fsp3) is 0.278. The van der Waals surface area contributed by atoms with Crippen molar-refractivity contribution in [2.75, 3.05) is 20.6 Å². The zero-order valence-electron chi connectivity index (χ0n) is 13.5.